The molecule has 1 atom stereocenters. The number of morpholine rings is 1. The monoisotopic (exact) mass is 295 g/mol. The number of thiophene rings is 1. The molecule has 108 valence electrons. The van der Waals surface area contributed by atoms with Crippen molar-refractivity contribution in [3.8, 4) is 0 Å². The highest BCUT2D eigenvalue weighted by Gasteiger charge is 2.28. The fourth-order valence-electron chi connectivity index (χ4n) is 2.76. The van der Waals surface area contributed by atoms with Crippen LogP contribution in [0.1, 0.15) is 26.5 Å². The minimum absolute atomic E-state index is 0.0552. The fourth-order valence-corrected chi connectivity index (χ4v) is 3.94. The SMILES string of the molecule is O=C(O)[C@H]1CCc2sc(C(=O)N3CCOCC3)cc2C1. The molecule has 1 aliphatic carbocycles. The van der Waals surface area contributed by atoms with Gasteiger partial charge < -0.3 is 14.7 Å². The minimum atomic E-state index is -0.733. The third-order valence-electron chi connectivity index (χ3n) is 3.94. The molecule has 0 saturated carbocycles. The zero-order valence-corrected chi connectivity index (χ0v) is 11.9. The quantitative estimate of drug-likeness (QED) is 0.896. The highest BCUT2D eigenvalue weighted by Crippen LogP contribution is 2.33. The number of carbonyl (C=O) groups excluding carboxylic acids is 1. The number of hydrogen-bond acceptors (Lipinski definition) is 4. The maximum absolute atomic E-state index is 12.4. The van der Waals surface area contributed by atoms with Crippen LogP contribution in [0, 0.1) is 5.92 Å². The molecule has 0 bridgehead atoms. The molecular formula is C14H17NO4S. The summed E-state index contributed by atoms with van der Waals surface area (Å²) in [6.45, 7) is 2.47. The van der Waals surface area contributed by atoms with E-state index in [2.05, 4.69) is 0 Å². The molecule has 1 saturated heterocycles. The molecule has 2 heterocycles. The van der Waals surface area contributed by atoms with Crippen molar-refractivity contribution >= 4 is 23.2 Å². The number of carboxylic acid groups (broad SMARTS) is 1. The van der Waals surface area contributed by atoms with Gasteiger partial charge in [0.15, 0.2) is 0 Å². The average molecular weight is 295 g/mol. The Labute approximate surface area is 121 Å². The van der Waals surface area contributed by atoms with E-state index in [-0.39, 0.29) is 11.8 Å². The molecule has 1 aromatic rings. The predicted molar refractivity (Wildman–Crippen MR) is 74.2 cm³/mol. The lowest BCUT2D eigenvalue weighted by molar-refractivity contribution is -0.142. The molecule has 20 heavy (non-hydrogen) atoms. The summed E-state index contributed by atoms with van der Waals surface area (Å²) < 4.78 is 5.25. The van der Waals surface area contributed by atoms with Gasteiger partial charge in [-0.15, -0.1) is 11.3 Å². The first-order valence-corrected chi connectivity index (χ1v) is 7.68. The van der Waals surface area contributed by atoms with Crippen molar-refractivity contribution in [2.45, 2.75) is 19.3 Å². The second kappa shape index (κ2) is 5.54. The molecule has 0 spiro atoms. The summed E-state index contributed by atoms with van der Waals surface area (Å²) in [5.74, 6) is -0.981. The molecule has 1 fully saturated rings. The van der Waals surface area contributed by atoms with Crippen LogP contribution in [0.5, 0.6) is 0 Å². The summed E-state index contributed by atoms with van der Waals surface area (Å²) in [5, 5.41) is 9.10. The molecule has 1 amide bonds. The highest BCUT2D eigenvalue weighted by molar-refractivity contribution is 7.14. The standard InChI is InChI=1S/C14H17NO4S/c16-13(15-3-5-19-6-4-15)12-8-10-7-9(14(17)18)1-2-11(10)20-12/h8-9H,1-7H2,(H,17,18)/t9-/m0/s1. The van der Waals surface area contributed by atoms with Crippen LogP contribution in [0.2, 0.25) is 0 Å². The Kier molecular flexibility index (Phi) is 3.76. The summed E-state index contributed by atoms with van der Waals surface area (Å²) in [7, 11) is 0. The van der Waals surface area contributed by atoms with Crippen LogP contribution < -0.4 is 0 Å². The first-order valence-electron chi connectivity index (χ1n) is 6.86. The van der Waals surface area contributed by atoms with Crippen LogP contribution in [0.4, 0.5) is 0 Å². The molecule has 0 aromatic carbocycles. The number of nitrogens with zero attached hydrogens (tertiary/aromatic N) is 1. The molecule has 6 heteroatoms. The number of amides is 1. The number of ether oxygens (including phenoxy) is 1. The van der Waals surface area contributed by atoms with Crippen LogP contribution in [0.25, 0.3) is 0 Å². The molecule has 5 nitrogen and oxygen atoms in total. The summed E-state index contributed by atoms with van der Waals surface area (Å²) >= 11 is 1.53. The van der Waals surface area contributed by atoms with Crippen LogP contribution in [0.15, 0.2) is 6.07 Å². The van der Waals surface area contributed by atoms with Gasteiger partial charge >= 0.3 is 5.97 Å². The second-order valence-electron chi connectivity index (χ2n) is 5.24. The maximum atomic E-state index is 12.4. The van der Waals surface area contributed by atoms with Crippen molar-refractivity contribution in [1.82, 2.24) is 4.90 Å². The molecular weight excluding hydrogens is 278 g/mol. The van der Waals surface area contributed by atoms with E-state index in [1.54, 1.807) is 0 Å². The lowest BCUT2D eigenvalue weighted by Crippen LogP contribution is -2.40. The number of aryl methyl sites for hydroxylation is 1. The average Bonchev–Trinajstić information content (AvgIpc) is 2.90. The van der Waals surface area contributed by atoms with Crippen LogP contribution >= 0.6 is 11.3 Å². The maximum Gasteiger partial charge on any atom is 0.306 e. The van der Waals surface area contributed by atoms with Crippen molar-refractivity contribution in [2.75, 3.05) is 26.3 Å². The van der Waals surface area contributed by atoms with E-state index in [4.69, 9.17) is 9.84 Å². The van der Waals surface area contributed by atoms with Gasteiger partial charge in [-0.2, -0.15) is 0 Å². The summed E-state index contributed by atoms with van der Waals surface area (Å²) in [6.07, 6.45) is 2.00. The third kappa shape index (κ3) is 2.58. The van der Waals surface area contributed by atoms with E-state index in [9.17, 15) is 9.59 Å². The van der Waals surface area contributed by atoms with E-state index in [1.807, 2.05) is 11.0 Å². The van der Waals surface area contributed by atoms with Crippen LogP contribution in [0.3, 0.4) is 0 Å². The Balaban J connectivity index is 1.76. The number of fused-ring (bicyclic) bond motifs is 1. The Morgan fingerprint density at radius 3 is 2.80 bits per heavy atom. The first-order chi connectivity index (χ1) is 9.65. The van der Waals surface area contributed by atoms with E-state index in [1.165, 1.54) is 16.2 Å². The van der Waals surface area contributed by atoms with Gasteiger partial charge in [-0.25, -0.2) is 0 Å². The van der Waals surface area contributed by atoms with Gasteiger partial charge in [0.25, 0.3) is 5.91 Å². The van der Waals surface area contributed by atoms with Crippen molar-refractivity contribution in [1.29, 1.82) is 0 Å². The molecule has 1 N–H and O–H groups in total. The number of aliphatic carboxylic acids is 1. The van der Waals surface area contributed by atoms with Gasteiger partial charge in [-0.1, -0.05) is 0 Å². The second-order valence-corrected chi connectivity index (χ2v) is 6.38. The van der Waals surface area contributed by atoms with Gasteiger partial charge in [0.2, 0.25) is 0 Å². The third-order valence-corrected chi connectivity index (χ3v) is 5.17. The molecule has 1 aromatic heterocycles. The van der Waals surface area contributed by atoms with Gasteiger partial charge in [-0.3, -0.25) is 9.59 Å². The Hall–Kier alpha value is -1.40. The Morgan fingerprint density at radius 1 is 1.35 bits per heavy atom. The normalized spacial score (nSPS) is 22.4. The van der Waals surface area contributed by atoms with Gasteiger partial charge in [0.1, 0.15) is 0 Å². The van der Waals surface area contributed by atoms with Crippen LogP contribution in [-0.2, 0) is 22.4 Å². The van der Waals surface area contributed by atoms with Crippen LogP contribution in [-0.4, -0.2) is 48.2 Å². The largest absolute Gasteiger partial charge is 0.481 e. The van der Waals surface area contributed by atoms with E-state index in [0.29, 0.717) is 39.1 Å². The predicted octanol–water partition coefficient (Wildman–Crippen LogP) is 1.41. The number of carbonyl (C=O) groups is 2. The smallest absolute Gasteiger partial charge is 0.306 e. The van der Waals surface area contributed by atoms with Crippen molar-refractivity contribution in [3.63, 3.8) is 0 Å². The summed E-state index contributed by atoms with van der Waals surface area (Å²) in [6, 6.07) is 1.90. The van der Waals surface area contributed by atoms with Gasteiger partial charge in [-0.05, 0) is 30.9 Å². The molecule has 0 radical (unpaired) electrons. The number of carboxylic acids is 1. The van der Waals surface area contributed by atoms with E-state index in [0.717, 1.165) is 16.9 Å². The topological polar surface area (TPSA) is 66.8 Å². The lowest BCUT2D eigenvalue weighted by Gasteiger charge is -2.26. The zero-order chi connectivity index (χ0) is 14.1. The number of rotatable bonds is 2. The fraction of sp³-hybridized carbons (Fsp3) is 0.571. The van der Waals surface area contributed by atoms with Crippen molar-refractivity contribution in [2.24, 2.45) is 5.92 Å². The Morgan fingerprint density at radius 2 is 2.10 bits per heavy atom. The van der Waals surface area contributed by atoms with E-state index >= 15 is 0 Å². The molecule has 2 aliphatic rings. The molecule has 1 aliphatic heterocycles. The van der Waals surface area contributed by atoms with Gasteiger partial charge in [0.05, 0.1) is 24.0 Å². The molecule has 3 rings (SSSR count). The molecule has 0 unspecified atom stereocenters. The minimum Gasteiger partial charge on any atom is -0.481 e. The highest BCUT2D eigenvalue weighted by atomic mass is 32.1. The van der Waals surface area contributed by atoms with Gasteiger partial charge in [0, 0.05) is 18.0 Å². The summed E-state index contributed by atoms with van der Waals surface area (Å²) in [5.41, 5.74) is 1.05. The Bertz CT molecular complexity index is 533. The first kappa shape index (κ1) is 13.6. The number of hydrogen-bond donors (Lipinski definition) is 1. The van der Waals surface area contributed by atoms with Crippen molar-refractivity contribution < 1.29 is 19.4 Å². The zero-order valence-electron chi connectivity index (χ0n) is 11.1. The lowest BCUT2D eigenvalue weighted by atomic mass is 9.88. The summed E-state index contributed by atoms with van der Waals surface area (Å²) in [4.78, 5) is 27.2. The van der Waals surface area contributed by atoms with Crippen molar-refractivity contribution in [3.05, 3.63) is 21.4 Å². The van der Waals surface area contributed by atoms with E-state index < -0.39 is 5.97 Å².